The molecule has 5 nitrogen and oxygen atoms in total. The minimum Gasteiger partial charge on any atom is -0.497 e. The maximum atomic E-state index is 9.25. The van der Waals surface area contributed by atoms with E-state index < -0.39 is 0 Å². The van der Waals surface area contributed by atoms with Crippen LogP contribution in [0.1, 0.15) is 27.8 Å². The van der Waals surface area contributed by atoms with Gasteiger partial charge in [0.15, 0.2) is 0 Å². The third-order valence-corrected chi connectivity index (χ3v) is 15.2. The summed E-state index contributed by atoms with van der Waals surface area (Å²) in [6.07, 6.45) is 0. The molecular formula is C69H61N3O2. The third-order valence-electron chi connectivity index (χ3n) is 15.2. The molecule has 0 radical (unpaired) electrons. The average Bonchev–Trinajstić information content (AvgIpc) is 4.00. The van der Waals surface area contributed by atoms with Crippen LogP contribution in [0.25, 0.3) is 110 Å². The predicted molar refractivity (Wildman–Crippen MR) is 314 cm³/mol. The molecule has 13 rings (SSSR count). The number of aromatic nitrogens is 3. The lowest BCUT2D eigenvalue weighted by atomic mass is 9.97. The van der Waals surface area contributed by atoms with Gasteiger partial charge in [-0.2, -0.15) is 0 Å². The van der Waals surface area contributed by atoms with E-state index >= 15 is 0 Å². The van der Waals surface area contributed by atoms with Crippen LogP contribution in [0.5, 0.6) is 5.75 Å². The monoisotopic (exact) mass is 963 g/mol. The number of ether oxygens (including phenoxy) is 1. The first-order valence-corrected chi connectivity index (χ1v) is 25.4. The van der Waals surface area contributed by atoms with Gasteiger partial charge in [-0.1, -0.05) is 139 Å². The van der Waals surface area contributed by atoms with Crippen LogP contribution >= 0.6 is 0 Å². The van der Waals surface area contributed by atoms with Gasteiger partial charge in [-0.05, 0) is 168 Å². The van der Waals surface area contributed by atoms with E-state index in [2.05, 4.69) is 238 Å². The van der Waals surface area contributed by atoms with Gasteiger partial charge in [0, 0.05) is 86.6 Å². The van der Waals surface area contributed by atoms with Crippen molar-refractivity contribution in [3.05, 3.63) is 234 Å². The fraction of sp³-hybridized carbons (Fsp3) is 0.130. The Bertz CT molecular complexity index is 3960. The first-order valence-electron chi connectivity index (χ1n) is 25.4. The molecule has 0 saturated heterocycles. The van der Waals surface area contributed by atoms with Gasteiger partial charge in [0.2, 0.25) is 0 Å². The van der Waals surface area contributed by atoms with Crippen LogP contribution in [-0.4, -0.2) is 25.9 Å². The lowest BCUT2D eigenvalue weighted by Crippen LogP contribution is -1.87. The molecule has 364 valence electrons. The zero-order valence-corrected chi connectivity index (χ0v) is 43.5. The Morgan fingerprint density at radius 1 is 0.338 bits per heavy atom. The molecule has 0 amide bonds. The van der Waals surface area contributed by atoms with Crippen LogP contribution in [-0.2, 0) is 27.7 Å². The van der Waals surface area contributed by atoms with Gasteiger partial charge in [0.1, 0.15) is 5.75 Å². The standard InChI is InChI=1S/2C27H23N.C15H15NO2/c1-18-4-8-20(9-5-18)22-12-14-26-24(16-22)25-17-23(13-15-27(25)28(26)3)21-10-6-19(2)7-11-21;1-18-8-4-6-10-22(18)20-12-14-26-24(16-20)25-17-21(13-15-27(25)28(26)3)23-11-7-5-9-19(23)2;1-16-14-5-3-10(9-17)7-12(14)13-8-11(18-2)4-6-15(13)16/h2*4-17H,1-3H3;3-8,17H,9H2,1-2H3. The van der Waals surface area contributed by atoms with Crippen molar-refractivity contribution in [2.45, 2.75) is 34.3 Å². The lowest BCUT2D eigenvalue weighted by Gasteiger charge is -2.07. The maximum absolute atomic E-state index is 9.25. The largest absolute Gasteiger partial charge is 0.497 e. The van der Waals surface area contributed by atoms with E-state index in [0.29, 0.717) is 0 Å². The quantitative estimate of drug-likeness (QED) is 0.180. The molecule has 0 atom stereocenters. The molecule has 0 saturated carbocycles. The Balaban J connectivity index is 0.000000122. The number of aryl methyl sites for hydroxylation is 7. The van der Waals surface area contributed by atoms with Gasteiger partial charge in [-0.3, -0.25) is 0 Å². The maximum Gasteiger partial charge on any atom is 0.119 e. The van der Waals surface area contributed by atoms with Gasteiger partial charge < -0.3 is 23.5 Å². The molecule has 3 aromatic heterocycles. The van der Waals surface area contributed by atoms with Gasteiger partial charge in [0.25, 0.3) is 0 Å². The molecule has 0 bridgehead atoms. The van der Waals surface area contributed by atoms with Crippen molar-refractivity contribution in [3.63, 3.8) is 0 Å². The Morgan fingerprint density at radius 2 is 0.662 bits per heavy atom. The van der Waals surface area contributed by atoms with Gasteiger partial charge in [0.05, 0.1) is 13.7 Å². The highest BCUT2D eigenvalue weighted by Gasteiger charge is 2.15. The first-order chi connectivity index (χ1) is 36.0. The number of aliphatic hydroxyl groups is 1. The number of hydrogen-bond donors (Lipinski definition) is 1. The molecule has 74 heavy (non-hydrogen) atoms. The molecule has 5 heteroatoms. The minimum absolute atomic E-state index is 0.0658. The molecule has 1 N–H and O–H groups in total. The van der Waals surface area contributed by atoms with Crippen LogP contribution < -0.4 is 4.74 Å². The summed E-state index contributed by atoms with van der Waals surface area (Å²) >= 11 is 0. The second-order valence-electron chi connectivity index (χ2n) is 19.9. The molecule has 10 aromatic carbocycles. The van der Waals surface area contributed by atoms with Gasteiger partial charge in [-0.25, -0.2) is 0 Å². The lowest BCUT2D eigenvalue weighted by molar-refractivity contribution is 0.282. The molecular weight excluding hydrogens is 903 g/mol. The topological polar surface area (TPSA) is 44.2 Å². The van der Waals surface area contributed by atoms with E-state index in [-0.39, 0.29) is 6.61 Å². The van der Waals surface area contributed by atoms with Crippen LogP contribution in [0.2, 0.25) is 0 Å². The van der Waals surface area contributed by atoms with Gasteiger partial charge in [-0.15, -0.1) is 0 Å². The second-order valence-corrected chi connectivity index (χ2v) is 19.9. The summed E-state index contributed by atoms with van der Waals surface area (Å²) in [7, 11) is 8.04. The van der Waals surface area contributed by atoms with E-state index in [0.717, 1.165) is 27.6 Å². The summed E-state index contributed by atoms with van der Waals surface area (Å²) in [4.78, 5) is 0. The normalized spacial score (nSPS) is 11.4. The van der Waals surface area contributed by atoms with Crippen molar-refractivity contribution in [1.82, 2.24) is 13.7 Å². The summed E-state index contributed by atoms with van der Waals surface area (Å²) in [5, 5.41) is 16.8. The molecule has 0 aliphatic heterocycles. The smallest absolute Gasteiger partial charge is 0.119 e. The fourth-order valence-corrected chi connectivity index (χ4v) is 10.9. The second kappa shape index (κ2) is 19.8. The van der Waals surface area contributed by atoms with Crippen molar-refractivity contribution in [2.24, 2.45) is 21.1 Å². The zero-order valence-electron chi connectivity index (χ0n) is 43.5. The Morgan fingerprint density at radius 3 is 1.05 bits per heavy atom. The first kappa shape index (κ1) is 47.7. The van der Waals surface area contributed by atoms with Crippen LogP contribution in [0.4, 0.5) is 0 Å². The molecule has 13 aromatic rings. The van der Waals surface area contributed by atoms with E-state index in [1.165, 1.54) is 116 Å². The highest BCUT2D eigenvalue weighted by atomic mass is 16.5. The summed E-state index contributed by atoms with van der Waals surface area (Å²) in [6.45, 7) is 8.68. The number of aliphatic hydroxyl groups excluding tert-OH is 1. The molecule has 0 fully saturated rings. The molecule has 0 aliphatic rings. The minimum atomic E-state index is 0.0658. The summed E-state index contributed by atoms with van der Waals surface area (Å²) < 4.78 is 12.0. The van der Waals surface area contributed by atoms with E-state index in [9.17, 15) is 5.11 Å². The number of nitrogens with zero attached hydrogens (tertiary/aromatic N) is 3. The molecule has 3 heterocycles. The van der Waals surface area contributed by atoms with Crippen molar-refractivity contribution in [2.75, 3.05) is 7.11 Å². The van der Waals surface area contributed by atoms with Gasteiger partial charge >= 0.3 is 0 Å². The SMILES string of the molecule is COc1ccc2c(c1)c1cc(CO)ccc1n2C.Cc1ccc(-c2ccc3c(c2)c2cc(-c4ccc(C)cc4)ccc2n3C)cc1.Cc1ccccc1-c1ccc2c(c1)c1cc(-c3ccccc3C)ccc1n2C. The number of fused-ring (bicyclic) bond motifs is 9. The zero-order chi connectivity index (χ0) is 51.2. The number of rotatable bonds is 6. The molecule has 0 aliphatic carbocycles. The predicted octanol–water partition coefficient (Wildman–Crippen LogP) is 17.4. The Kier molecular flexibility index (Phi) is 12.7. The average molecular weight is 964 g/mol. The highest BCUT2D eigenvalue weighted by Crippen LogP contribution is 2.38. The Labute approximate surface area is 433 Å². The summed E-state index contributed by atoms with van der Waals surface area (Å²) in [5.74, 6) is 0.851. The fourth-order valence-electron chi connectivity index (χ4n) is 10.9. The summed E-state index contributed by atoms with van der Waals surface area (Å²) in [5.41, 5.74) is 23.8. The van der Waals surface area contributed by atoms with Crippen LogP contribution in [0, 0.1) is 27.7 Å². The number of hydrogen-bond acceptors (Lipinski definition) is 2. The van der Waals surface area contributed by atoms with Crippen molar-refractivity contribution in [3.8, 4) is 50.3 Å². The van der Waals surface area contributed by atoms with E-state index in [4.69, 9.17) is 4.74 Å². The van der Waals surface area contributed by atoms with Crippen LogP contribution in [0.15, 0.2) is 206 Å². The third kappa shape index (κ3) is 8.80. The van der Waals surface area contributed by atoms with Crippen LogP contribution in [0.3, 0.4) is 0 Å². The van der Waals surface area contributed by atoms with Crippen molar-refractivity contribution in [1.29, 1.82) is 0 Å². The van der Waals surface area contributed by atoms with E-state index in [1.54, 1.807) is 7.11 Å². The highest BCUT2D eigenvalue weighted by molar-refractivity contribution is 6.12. The Hall–Kier alpha value is -8.64. The number of benzene rings is 10. The van der Waals surface area contributed by atoms with Crippen molar-refractivity contribution >= 4 is 65.4 Å². The number of methoxy groups -OCH3 is 1. The van der Waals surface area contributed by atoms with E-state index in [1.807, 2.05) is 30.3 Å². The summed E-state index contributed by atoms with van der Waals surface area (Å²) in [6, 6.07) is 74.2. The molecule has 0 unspecified atom stereocenters. The molecule has 0 spiro atoms. The van der Waals surface area contributed by atoms with Crippen molar-refractivity contribution < 1.29 is 9.84 Å².